The normalized spacial score (nSPS) is 16.1. The number of carbonyl (C=O) groups excluding carboxylic acids is 2. The van der Waals surface area contributed by atoms with Gasteiger partial charge in [-0.15, -0.1) is 0 Å². The van der Waals surface area contributed by atoms with E-state index in [9.17, 15) is 14.4 Å². The predicted molar refractivity (Wildman–Crippen MR) is 92.6 cm³/mol. The lowest BCUT2D eigenvalue weighted by Crippen LogP contribution is -2.28. The number of benzene rings is 1. The van der Waals surface area contributed by atoms with E-state index in [4.69, 9.17) is 33.0 Å². The number of thioether (sulfide) groups is 1. The number of carboxylic acids is 1. The highest BCUT2D eigenvalue weighted by Gasteiger charge is 2.34. The second-order valence-electron chi connectivity index (χ2n) is 4.83. The highest BCUT2D eigenvalue weighted by Crippen LogP contribution is 2.37. The molecule has 9 heteroatoms. The van der Waals surface area contributed by atoms with Crippen LogP contribution in [0.15, 0.2) is 17.0 Å². The van der Waals surface area contributed by atoms with E-state index in [1.165, 1.54) is 23.1 Å². The minimum Gasteiger partial charge on any atom is -0.479 e. The van der Waals surface area contributed by atoms with Gasteiger partial charge in [0, 0.05) is 6.54 Å². The highest BCUT2D eigenvalue weighted by molar-refractivity contribution is 8.18. The fourth-order valence-electron chi connectivity index (χ4n) is 2.00. The average molecular weight is 390 g/mol. The molecular formula is C15H13Cl2NO5S. The number of aliphatic carboxylic acids is 1. The van der Waals surface area contributed by atoms with E-state index >= 15 is 0 Å². The first kappa shape index (κ1) is 18.6. The van der Waals surface area contributed by atoms with Crippen LogP contribution in [-0.4, -0.2) is 40.3 Å². The molecule has 1 saturated heterocycles. The van der Waals surface area contributed by atoms with Gasteiger partial charge < -0.3 is 9.84 Å². The Kier molecular flexibility index (Phi) is 6.15. The fraction of sp³-hybridized carbons (Fsp3) is 0.267. The lowest BCUT2D eigenvalue weighted by atomic mass is 10.2. The number of nitrogens with zero attached hydrogens (tertiary/aromatic N) is 1. The maximum absolute atomic E-state index is 12.2. The average Bonchev–Trinajstić information content (AvgIpc) is 2.74. The van der Waals surface area contributed by atoms with Crippen LogP contribution in [-0.2, 0) is 9.59 Å². The Bertz CT molecular complexity index is 712. The Morgan fingerprint density at radius 2 is 1.96 bits per heavy atom. The van der Waals surface area contributed by atoms with Gasteiger partial charge in [0.15, 0.2) is 12.4 Å². The molecule has 0 aliphatic carbocycles. The van der Waals surface area contributed by atoms with Crippen molar-refractivity contribution in [1.29, 1.82) is 0 Å². The first-order chi connectivity index (χ1) is 11.3. The summed E-state index contributed by atoms with van der Waals surface area (Å²) in [6, 6.07) is 2.97. The molecule has 6 nitrogen and oxygen atoms in total. The van der Waals surface area contributed by atoms with E-state index in [1.54, 1.807) is 0 Å². The monoisotopic (exact) mass is 389 g/mol. The number of amides is 2. The third-order valence-electron chi connectivity index (χ3n) is 2.98. The molecule has 1 heterocycles. The van der Waals surface area contributed by atoms with Crippen LogP contribution in [0.25, 0.3) is 6.08 Å². The Morgan fingerprint density at radius 3 is 2.50 bits per heavy atom. The molecule has 24 heavy (non-hydrogen) atoms. The third-order valence-corrected chi connectivity index (χ3v) is 4.45. The van der Waals surface area contributed by atoms with Crippen molar-refractivity contribution in [3.8, 4) is 5.75 Å². The number of halogens is 2. The van der Waals surface area contributed by atoms with Crippen molar-refractivity contribution in [2.75, 3.05) is 13.2 Å². The standard InChI is InChI=1S/C15H13Cl2NO5S/c1-2-3-18-14(21)11(24-15(18)22)6-8-4-9(16)13(10(17)5-8)23-7-12(19)20/h4-6H,2-3,7H2,1H3,(H,19,20)/b11-6+. The molecule has 0 unspecified atom stereocenters. The molecule has 0 radical (unpaired) electrons. The zero-order valence-electron chi connectivity index (χ0n) is 12.5. The van der Waals surface area contributed by atoms with E-state index < -0.39 is 12.6 Å². The molecule has 1 aromatic carbocycles. The second-order valence-corrected chi connectivity index (χ2v) is 6.64. The van der Waals surface area contributed by atoms with Crippen molar-refractivity contribution < 1.29 is 24.2 Å². The number of ether oxygens (including phenoxy) is 1. The van der Waals surface area contributed by atoms with Gasteiger partial charge in [0.25, 0.3) is 11.1 Å². The minimum atomic E-state index is -1.16. The van der Waals surface area contributed by atoms with Crippen molar-refractivity contribution in [3.05, 3.63) is 32.6 Å². The van der Waals surface area contributed by atoms with Crippen LogP contribution in [0, 0.1) is 0 Å². The summed E-state index contributed by atoms with van der Waals surface area (Å²) in [6.45, 7) is 1.67. The van der Waals surface area contributed by atoms with Gasteiger partial charge in [-0.25, -0.2) is 4.79 Å². The SMILES string of the molecule is CCCN1C(=O)S/C(=C/c2cc(Cl)c(OCC(=O)O)c(Cl)c2)C1=O. The molecule has 2 amide bonds. The first-order valence-corrected chi connectivity index (χ1v) is 8.49. The highest BCUT2D eigenvalue weighted by atomic mass is 35.5. The molecule has 0 spiro atoms. The largest absolute Gasteiger partial charge is 0.479 e. The van der Waals surface area contributed by atoms with Gasteiger partial charge in [-0.05, 0) is 42.0 Å². The van der Waals surface area contributed by atoms with Crippen LogP contribution in [0.2, 0.25) is 10.0 Å². The van der Waals surface area contributed by atoms with Gasteiger partial charge in [-0.1, -0.05) is 30.1 Å². The summed E-state index contributed by atoms with van der Waals surface area (Å²) in [5, 5.41) is 8.54. The van der Waals surface area contributed by atoms with Crippen LogP contribution >= 0.6 is 35.0 Å². The molecule has 1 aliphatic rings. The summed E-state index contributed by atoms with van der Waals surface area (Å²) >= 11 is 12.9. The lowest BCUT2D eigenvalue weighted by Gasteiger charge is -2.10. The maximum atomic E-state index is 12.2. The molecule has 128 valence electrons. The molecule has 0 saturated carbocycles. The third kappa shape index (κ3) is 4.23. The molecule has 0 atom stereocenters. The van der Waals surface area contributed by atoms with E-state index in [2.05, 4.69) is 0 Å². The maximum Gasteiger partial charge on any atom is 0.341 e. The molecule has 1 aromatic rings. The van der Waals surface area contributed by atoms with Gasteiger partial charge in [-0.2, -0.15) is 0 Å². The molecule has 1 aliphatic heterocycles. The summed E-state index contributed by atoms with van der Waals surface area (Å²) in [6.07, 6.45) is 2.19. The van der Waals surface area contributed by atoms with Gasteiger partial charge in [0.2, 0.25) is 0 Å². The zero-order valence-corrected chi connectivity index (χ0v) is 14.9. The topological polar surface area (TPSA) is 83.9 Å². The summed E-state index contributed by atoms with van der Waals surface area (Å²) in [7, 11) is 0. The van der Waals surface area contributed by atoms with Gasteiger partial charge in [0.1, 0.15) is 0 Å². The number of hydrogen-bond acceptors (Lipinski definition) is 5. The number of hydrogen-bond donors (Lipinski definition) is 1. The first-order valence-electron chi connectivity index (χ1n) is 6.92. The van der Waals surface area contributed by atoms with E-state index in [0.717, 1.165) is 11.8 Å². The van der Waals surface area contributed by atoms with Crippen LogP contribution < -0.4 is 4.74 Å². The zero-order chi connectivity index (χ0) is 17.9. The minimum absolute atomic E-state index is 0.0528. The number of imide groups is 1. The van der Waals surface area contributed by atoms with Crippen LogP contribution in [0.1, 0.15) is 18.9 Å². The Hall–Kier alpha value is -1.70. The molecule has 2 rings (SSSR count). The van der Waals surface area contributed by atoms with Gasteiger partial charge >= 0.3 is 5.97 Å². The quantitative estimate of drug-likeness (QED) is 0.742. The molecule has 1 fully saturated rings. The van der Waals surface area contributed by atoms with Crippen LogP contribution in [0.5, 0.6) is 5.75 Å². The second kappa shape index (κ2) is 7.92. The summed E-state index contributed by atoms with van der Waals surface area (Å²) in [5.74, 6) is -1.46. The summed E-state index contributed by atoms with van der Waals surface area (Å²) in [5.41, 5.74) is 0.509. The van der Waals surface area contributed by atoms with E-state index in [-0.39, 0.29) is 31.8 Å². The predicted octanol–water partition coefficient (Wildman–Crippen LogP) is 3.90. The Balaban J connectivity index is 2.26. The van der Waals surface area contributed by atoms with Crippen molar-refractivity contribution in [2.45, 2.75) is 13.3 Å². The Morgan fingerprint density at radius 1 is 1.33 bits per heavy atom. The smallest absolute Gasteiger partial charge is 0.341 e. The van der Waals surface area contributed by atoms with Crippen LogP contribution in [0.4, 0.5) is 4.79 Å². The Labute approximate surface area is 152 Å². The number of carboxylic acid groups (broad SMARTS) is 1. The lowest BCUT2D eigenvalue weighted by molar-refractivity contribution is -0.139. The van der Waals surface area contributed by atoms with E-state index in [1.807, 2.05) is 6.92 Å². The van der Waals surface area contributed by atoms with Crippen molar-refractivity contribution in [3.63, 3.8) is 0 Å². The number of carbonyl (C=O) groups is 3. The summed E-state index contributed by atoms with van der Waals surface area (Å²) in [4.78, 5) is 36.0. The van der Waals surface area contributed by atoms with Crippen molar-refractivity contribution in [2.24, 2.45) is 0 Å². The van der Waals surface area contributed by atoms with Crippen molar-refractivity contribution in [1.82, 2.24) is 4.90 Å². The molecule has 0 aromatic heterocycles. The summed E-state index contributed by atoms with van der Waals surface area (Å²) < 4.78 is 5.02. The van der Waals surface area contributed by atoms with E-state index in [0.29, 0.717) is 18.5 Å². The van der Waals surface area contributed by atoms with Gasteiger partial charge in [-0.3, -0.25) is 14.5 Å². The fourth-order valence-corrected chi connectivity index (χ4v) is 3.48. The molecule has 0 bridgehead atoms. The van der Waals surface area contributed by atoms with Crippen LogP contribution in [0.3, 0.4) is 0 Å². The van der Waals surface area contributed by atoms with Crippen molar-refractivity contribution >= 4 is 58.2 Å². The number of rotatable bonds is 6. The molecule has 1 N–H and O–H groups in total. The molecular weight excluding hydrogens is 377 g/mol. The van der Waals surface area contributed by atoms with Gasteiger partial charge in [0.05, 0.1) is 15.0 Å².